The van der Waals surface area contributed by atoms with Crippen LogP contribution >= 0.6 is 15.9 Å². The molecule has 0 spiro atoms. The second-order valence-electron chi connectivity index (χ2n) is 4.32. The van der Waals surface area contributed by atoms with E-state index in [1.807, 2.05) is 18.2 Å². The second-order valence-corrected chi connectivity index (χ2v) is 5.17. The topological polar surface area (TPSA) is 0 Å². The van der Waals surface area contributed by atoms with Gasteiger partial charge >= 0.3 is 0 Å². The van der Waals surface area contributed by atoms with E-state index in [0.29, 0.717) is 0 Å². The summed E-state index contributed by atoms with van der Waals surface area (Å²) >= 11 is 3.67. The Balaban J connectivity index is 2.25. The normalized spacial score (nSPS) is 10.4. The zero-order chi connectivity index (χ0) is 13.1. The predicted molar refractivity (Wildman–Crippen MR) is 83.9 cm³/mol. The highest BCUT2D eigenvalue weighted by Crippen LogP contribution is 2.37. The first-order valence-corrected chi connectivity index (χ1v) is 6.96. The van der Waals surface area contributed by atoms with Crippen molar-refractivity contribution < 1.29 is 0 Å². The Bertz CT molecular complexity index is 673. The summed E-state index contributed by atoms with van der Waals surface area (Å²) in [6, 6.07) is 27.9. The van der Waals surface area contributed by atoms with Crippen molar-refractivity contribution >= 4 is 15.9 Å². The summed E-state index contributed by atoms with van der Waals surface area (Å²) in [7, 11) is 0. The molecule has 0 atom stereocenters. The molecule has 0 saturated carbocycles. The van der Waals surface area contributed by atoms with Gasteiger partial charge in [-0.15, -0.1) is 0 Å². The van der Waals surface area contributed by atoms with Crippen LogP contribution in [-0.4, -0.2) is 0 Å². The van der Waals surface area contributed by atoms with Crippen molar-refractivity contribution in [2.75, 3.05) is 0 Å². The van der Waals surface area contributed by atoms with Gasteiger partial charge in [0.15, 0.2) is 0 Å². The molecule has 0 heterocycles. The van der Waals surface area contributed by atoms with Crippen LogP contribution in [0.15, 0.2) is 77.3 Å². The first-order valence-electron chi connectivity index (χ1n) is 6.17. The molecule has 3 aromatic rings. The molecule has 0 N–H and O–H groups in total. The summed E-state index contributed by atoms with van der Waals surface area (Å²) in [5, 5.41) is 0. The molecule has 0 aliphatic carbocycles. The fourth-order valence-corrected chi connectivity index (χ4v) is 2.82. The number of halogens is 1. The Hall–Kier alpha value is -1.86. The Morgan fingerprint density at radius 3 is 2.16 bits per heavy atom. The molecule has 0 bridgehead atoms. The van der Waals surface area contributed by atoms with Crippen molar-refractivity contribution in [3.05, 3.63) is 83.3 Å². The molecular weight excluding hydrogens is 296 g/mol. The summed E-state index contributed by atoms with van der Waals surface area (Å²) in [4.78, 5) is 0. The van der Waals surface area contributed by atoms with Crippen LogP contribution in [0.4, 0.5) is 0 Å². The van der Waals surface area contributed by atoms with E-state index in [4.69, 9.17) is 0 Å². The minimum atomic E-state index is 1.11. The van der Waals surface area contributed by atoms with E-state index in [9.17, 15) is 0 Å². The minimum absolute atomic E-state index is 1.11. The standard InChI is InChI=1S/C18H12Br/c19-17-13-7-12-16(14-8-3-1-4-9-14)18(17)15-10-5-2-6-11-15/h1,3-13H. The van der Waals surface area contributed by atoms with Crippen molar-refractivity contribution in [2.24, 2.45) is 0 Å². The van der Waals surface area contributed by atoms with Crippen LogP contribution in [-0.2, 0) is 0 Å². The Morgan fingerprint density at radius 2 is 1.42 bits per heavy atom. The third-order valence-electron chi connectivity index (χ3n) is 3.11. The van der Waals surface area contributed by atoms with Gasteiger partial charge < -0.3 is 0 Å². The third kappa shape index (κ3) is 2.47. The summed E-state index contributed by atoms with van der Waals surface area (Å²) in [6.07, 6.45) is 0. The highest BCUT2D eigenvalue weighted by Gasteiger charge is 2.10. The number of benzene rings is 3. The van der Waals surface area contributed by atoms with E-state index in [1.54, 1.807) is 0 Å². The summed E-state index contributed by atoms with van der Waals surface area (Å²) in [6.45, 7) is 0. The number of rotatable bonds is 2. The Morgan fingerprint density at radius 1 is 0.684 bits per heavy atom. The van der Waals surface area contributed by atoms with Crippen molar-refractivity contribution in [3.8, 4) is 22.3 Å². The average Bonchev–Trinajstić information content (AvgIpc) is 2.49. The maximum atomic E-state index is 3.67. The molecule has 91 valence electrons. The van der Waals surface area contributed by atoms with E-state index in [1.165, 1.54) is 22.3 Å². The highest BCUT2D eigenvalue weighted by molar-refractivity contribution is 9.10. The van der Waals surface area contributed by atoms with Crippen molar-refractivity contribution in [1.82, 2.24) is 0 Å². The van der Waals surface area contributed by atoms with Gasteiger partial charge in [0.1, 0.15) is 0 Å². The third-order valence-corrected chi connectivity index (χ3v) is 3.77. The number of hydrogen-bond donors (Lipinski definition) is 0. The fraction of sp³-hybridized carbons (Fsp3) is 0. The molecule has 0 aliphatic rings. The van der Waals surface area contributed by atoms with E-state index in [0.717, 1.165) is 4.47 Å². The molecule has 0 aromatic heterocycles. The molecule has 1 heteroatoms. The molecule has 0 unspecified atom stereocenters. The highest BCUT2D eigenvalue weighted by atomic mass is 79.9. The molecule has 1 radical (unpaired) electrons. The summed E-state index contributed by atoms with van der Waals surface area (Å²) in [5.41, 5.74) is 4.89. The lowest BCUT2D eigenvalue weighted by Gasteiger charge is -2.12. The predicted octanol–water partition coefficient (Wildman–Crippen LogP) is 5.58. The molecular formula is C18H12Br. The average molecular weight is 308 g/mol. The van der Waals surface area contributed by atoms with Crippen LogP contribution in [0, 0.1) is 6.07 Å². The van der Waals surface area contributed by atoms with E-state index >= 15 is 0 Å². The monoisotopic (exact) mass is 307 g/mol. The lowest BCUT2D eigenvalue weighted by molar-refractivity contribution is 1.55. The maximum absolute atomic E-state index is 3.67. The van der Waals surface area contributed by atoms with Gasteiger partial charge in [0.2, 0.25) is 0 Å². The van der Waals surface area contributed by atoms with Crippen molar-refractivity contribution in [1.29, 1.82) is 0 Å². The van der Waals surface area contributed by atoms with Gasteiger partial charge in [-0.3, -0.25) is 0 Å². The fourth-order valence-electron chi connectivity index (χ4n) is 2.23. The van der Waals surface area contributed by atoms with E-state index < -0.39 is 0 Å². The molecule has 19 heavy (non-hydrogen) atoms. The minimum Gasteiger partial charge on any atom is -0.0622 e. The van der Waals surface area contributed by atoms with E-state index in [-0.39, 0.29) is 0 Å². The maximum Gasteiger partial charge on any atom is 0.0259 e. The van der Waals surface area contributed by atoms with Crippen LogP contribution in [0.25, 0.3) is 22.3 Å². The van der Waals surface area contributed by atoms with Gasteiger partial charge in [0.25, 0.3) is 0 Å². The van der Waals surface area contributed by atoms with Crippen molar-refractivity contribution in [3.63, 3.8) is 0 Å². The van der Waals surface area contributed by atoms with Crippen LogP contribution in [0.3, 0.4) is 0 Å². The second kappa shape index (κ2) is 5.41. The molecule has 0 fully saturated rings. The lowest BCUT2D eigenvalue weighted by Crippen LogP contribution is -1.86. The van der Waals surface area contributed by atoms with Gasteiger partial charge in [-0.05, 0) is 28.8 Å². The lowest BCUT2D eigenvalue weighted by atomic mass is 9.95. The first-order chi connectivity index (χ1) is 9.36. The van der Waals surface area contributed by atoms with E-state index in [2.05, 4.69) is 76.6 Å². The summed E-state index contributed by atoms with van der Waals surface area (Å²) < 4.78 is 1.11. The molecule has 3 aromatic carbocycles. The van der Waals surface area contributed by atoms with Crippen LogP contribution in [0.1, 0.15) is 0 Å². The van der Waals surface area contributed by atoms with Gasteiger partial charge in [0.05, 0.1) is 0 Å². The van der Waals surface area contributed by atoms with Gasteiger partial charge in [-0.25, -0.2) is 0 Å². The largest absolute Gasteiger partial charge is 0.0622 e. The quantitative estimate of drug-likeness (QED) is 0.579. The zero-order valence-corrected chi connectivity index (χ0v) is 11.9. The molecule has 3 rings (SSSR count). The SMILES string of the molecule is Brc1cccc(-c2ccccc2)c1-c1cc[c]cc1. The van der Waals surface area contributed by atoms with Gasteiger partial charge in [0, 0.05) is 10.0 Å². The molecule has 0 aliphatic heterocycles. The van der Waals surface area contributed by atoms with Crippen LogP contribution < -0.4 is 0 Å². The molecule has 0 saturated heterocycles. The van der Waals surface area contributed by atoms with Gasteiger partial charge in [-0.2, -0.15) is 0 Å². The molecule has 0 amide bonds. The smallest absolute Gasteiger partial charge is 0.0259 e. The zero-order valence-electron chi connectivity index (χ0n) is 10.3. The first kappa shape index (κ1) is 12.2. The van der Waals surface area contributed by atoms with Crippen LogP contribution in [0.2, 0.25) is 0 Å². The Kier molecular flexibility index (Phi) is 3.47. The van der Waals surface area contributed by atoms with Crippen LogP contribution in [0.5, 0.6) is 0 Å². The van der Waals surface area contributed by atoms with Gasteiger partial charge in [-0.1, -0.05) is 82.7 Å². The number of hydrogen-bond acceptors (Lipinski definition) is 0. The summed E-state index contributed by atoms with van der Waals surface area (Å²) in [5.74, 6) is 0. The van der Waals surface area contributed by atoms with Crippen molar-refractivity contribution in [2.45, 2.75) is 0 Å². The Labute approximate surface area is 121 Å². The molecule has 0 nitrogen and oxygen atoms in total.